The highest BCUT2D eigenvalue weighted by molar-refractivity contribution is 6.34. The third kappa shape index (κ3) is 3.17. The quantitative estimate of drug-likeness (QED) is 0.502. The van der Waals surface area contributed by atoms with Crippen LogP contribution in [0.25, 0.3) is 22.2 Å². The van der Waals surface area contributed by atoms with Crippen molar-refractivity contribution in [1.29, 1.82) is 0 Å². The van der Waals surface area contributed by atoms with Gasteiger partial charge in [-0.05, 0) is 24.3 Å². The summed E-state index contributed by atoms with van der Waals surface area (Å²) in [5.74, 6) is -0.214. The van der Waals surface area contributed by atoms with E-state index in [1.807, 2.05) is 72.8 Å². The average Bonchev–Trinajstić information content (AvgIpc) is 2.69. The molecule has 1 aromatic heterocycles. The third-order valence-electron chi connectivity index (χ3n) is 4.15. The summed E-state index contributed by atoms with van der Waals surface area (Å²) < 4.78 is 0. The largest absolute Gasteiger partial charge is 0.321 e. The maximum atomic E-state index is 13.0. The lowest BCUT2D eigenvalue weighted by atomic mass is 10.0. The number of para-hydroxylation sites is 2. The number of amides is 1. The molecule has 3 aromatic carbocycles. The molecular formula is C22H15ClN2O. The van der Waals surface area contributed by atoms with Crippen LogP contribution in [0.5, 0.6) is 0 Å². The lowest BCUT2D eigenvalue weighted by molar-refractivity contribution is 0.102. The van der Waals surface area contributed by atoms with Crippen molar-refractivity contribution in [1.82, 2.24) is 4.98 Å². The smallest absolute Gasteiger partial charge is 0.256 e. The number of carbonyl (C=O) groups is 1. The van der Waals surface area contributed by atoms with Crippen LogP contribution in [-0.4, -0.2) is 10.9 Å². The Morgan fingerprint density at radius 2 is 1.54 bits per heavy atom. The average molecular weight is 359 g/mol. The van der Waals surface area contributed by atoms with Gasteiger partial charge in [0.1, 0.15) is 0 Å². The van der Waals surface area contributed by atoms with E-state index in [9.17, 15) is 4.79 Å². The van der Waals surface area contributed by atoms with Crippen LogP contribution in [0.15, 0.2) is 84.9 Å². The molecule has 26 heavy (non-hydrogen) atoms. The van der Waals surface area contributed by atoms with Crippen LogP contribution in [-0.2, 0) is 0 Å². The molecule has 0 aliphatic heterocycles. The van der Waals surface area contributed by atoms with Gasteiger partial charge in [0.05, 0.1) is 27.5 Å². The first-order valence-electron chi connectivity index (χ1n) is 8.23. The lowest BCUT2D eigenvalue weighted by Gasteiger charge is -2.11. The van der Waals surface area contributed by atoms with Crippen LogP contribution in [0.2, 0.25) is 5.02 Å². The zero-order valence-corrected chi connectivity index (χ0v) is 14.6. The summed E-state index contributed by atoms with van der Waals surface area (Å²) in [5, 5.41) is 4.20. The highest BCUT2D eigenvalue weighted by Crippen LogP contribution is 2.27. The monoisotopic (exact) mass is 358 g/mol. The molecule has 0 aliphatic carbocycles. The predicted molar refractivity (Wildman–Crippen MR) is 107 cm³/mol. The van der Waals surface area contributed by atoms with Crippen molar-refractivity contribution in [2.75, 3.05) is 5.32 Å². The normalized spacial score (nSPS) is 10.7. The molecule has 0 radical (unpaired) electrons. The standard InChI is InChI=1S/C22H15ClN2O/c23-18-11-5-7-13-20(18)25-22(26)17-14-21(15-8-2-1-3-9-15)24-19-12-6-4-10-16(17)19/h1-14H,(H,25,26). The van der Waals surface area contributed by atoms with E-state index in [1.54, 1.807) is 12.1 Å². The number of fused-ring (bicyclic) bond motifs is 1. The molecule has 0 saturated carbocycles. The molecule has 0 aliphatic rings. The zero-order chi connectivity index (χ0) is 17.9. The molecule has 1 N–H and O–H groups in total. The first kappa shape index (κ1) is 16.3. The van der Waals surface area contributed by atoms with Crippen molar-refractivity contribution < 1.29 is 4.79 Å². The second-order valence-electron chi connectivity index (χ2n) is 5.87. The van der Waals surface area contributed by atoms with Crippen molar-refractivity contribution in [2.45, 2.75) is 0 Å². The first-order valence-corrected chi connectivity index (χ1v) is 8.61. The fraction of sp³-hybridized carbons (Fsp3) is 0. The summed E-state index contributed by atoms with van der Waals surface area (Å²) in [6.07, 6.45) is 0. The Bertz CT molecular complexity index is 1090. The molecule has 4 aromatic rings. The Labute approximate surface area is 156 Å². The van der Waals surface area contributed by atoms with Gasteiger partial charge in [0.2, 0.25) is 0 Å². The Balaban J connectivity index is 1.83. The van der Waals surface area contributed by atoms with Gasteiger partial charge in [0.25, 0.3) is 5.91 Å². The van der Waals surface area contributed by atoms with Crippen LogP contribution in [0.4, 0.5) is 5.69 Å². The minimum absolute atomic E-state index is 0.214. The number of aromatic nitrogens is 1. The Hall–Kier alpha value is -3.17. The molecule has 0 bridgehead atoms. The minimum atomic E-state index is -0.214. The van der Waals surface area contributed by atoms with Crippen molar-refractivity contribution in [3.05, 3.63) is 95.5 Å². The van der Waals surface area contributed by atoms with Crippen molar-refractivity contribution in [3.63, 3.8) is 0 Å². The number of hydrogen-bond acceptors (Lipinski definition) is 2. The van der Waals surface area contributed by atoms with Gasteiger partial charge in [0, 0.05) is 10.9 Å². The summed E-state index contributed by atoms with van der Waals surface area (Å²) in [4.78, 5) is 17.7. The number of nitrogens with zero attached hydrogens (tertiary/aromatic N) is 1. The number of halogens is 1. The Morgan fingerprint density at radius 3 is 2.35 bits per heavy atom. The topological polar surface area (TPSA) is 42.0 Å². The predicted octanol–water partition coefficient (Wildman–Crippen LogP) is 5.81. The van der Waals surface area contributed by atoms with Crippen molar-refractivity contribution in [3.8, 4) is 11.3 Å². The van der Waals surface area contributed by atoms with Crippen LogP contribution in [0, 0.1) is 0 Å². The van der Waals surface area contributed by atoms with Crippen LogP contribution >= 0.6 is 11.6 Å². The number of pyridine rings is 1. The van der Waals surface area contributed by atoms with E-state index in [1.165, 1.54) is 0 Å². The molecule has 0 saturated heterocycles. The van der Waals surface area contributed by atoms with E-state index < -0.39 is 0 Å². The molecule has 1 amide bonds. The van der Waals surface area contributed by atoms with Gasteiger partial charge in [-0.25, -0.2) is 4.98 Å². The van der Waals surface area contributed by atoms with Crippen molar-refractivity contribution >= 4 is 34.1 Å². The Kier molecular flexibility index (Phi) is 4.38. The third-order valence-corrected chi connectivity index (χ3v) is 4.48. The maximum Gasteiger partial charge on any atom is 0.256 e. The van der Waals surface area contributed by atoms with Crippen molar-refractivity contribution in [2.24, 2.45) is 0 Å². The fourth-order valence-corrected chi connectivity index (χ4v) is 3.06. The van der Waals surface area contributed by atoms with Gasteiger partial charge in [-0.1, -0.05) is 72.3 Å². The second kappa shape index (κ2) is 6.98. The highest BCUT2D eigenvalue weighted by atomic mass is 35.5. The van der Waals surface area contributed by atoms with Crippen LogP contribution < -0.4 is 5.32 Å². The molecule has 126 valence electrons. The molecule has 1 heterocycles. The van der Waals surface area contributed by atoms with E-state index in [-0.39, 0.29) is 5.91 Å². The van der Waals surface area contributed by atoms with E-state index in [4.69, 9.17) is 16.6 Å². The SMILES string of the molecule is O=C(Nc1ccccc1Cl)c1cc(-c2ccccc2)nc2ccccc12. The number of nitrogens with one attached hydrogen (secondary N) is 1. The lowest BCUT2D eigenvalue weighted by Crippen LogP contribution is -2.13. The molecule has 4 rings (SSSR count). The van der Waals surface area contributed by atoms with Gasteiger partial charge >= 0.3 is 0 Å². The summed E-state index contributed by atoms with van der Waals surface area (Å²) in [7, 11) is 0. The van der Waals surface area contributed by atoms with Gasteiger partial charge < -0.3 is 5.32 Å². The summed E-state index contributed by atoms with van der Waals surface area (Å²) in [6.45, 7) is 0. The zero-order valence-electron chi connectivity index (χ0n) is 13.8. The minimum Gasteiger partial charge on any atom is -0.321 e. The molecule has 0 atom stereocenters. The summed E-state index contributed by atoms with van der Waals surface area (Å²) >= 11 is 6.17. The van der Waals surface area contributed by atoms with E-state index in [0.29, 0.717) is 16.3 Å². The molecular weight excluding hydrogens is 344 g/mol. The van der Waals surface area contributed by atoms with Gasteiger partial charge in [-0.3, -0.25) is 4.79 Å². The fourth-order valence-electron chi connectivity index (χ4n) is 2.87. The van der Waals surface area contributed by atoms with Crippen LogP contribution in [0.3, 0.4) is 0 Å². The van der Waals surface area contributed by atoms with Gasteiger partial charge in [0.15, 0.2) is 0 Å². The maximum absolute atomic E-state index is 13.0. The van der Waals surface area contributed by atoms with Gasteiger partial charge in [-0.2, -0.15) is 0 Å². The molecule has 3 nitrogen and oxygen atoms in total. The van der Waals surface area contributed by atoms with E-state index >= 15 is 0 Å². The van der Waals surface area contributed by atoms with Crippen LogP contribution in [0.1, 0.15) is 10.4 Å². The number of carbonyl (C=O) groups excluding carboxylic acids is 1. The summed E-state index contributed by atoms with van der Waals surface area (Å²) in [5.41, 5.74) is 3.65. The number of rotatable bonds is 3. The summed E-state index contributed by atoms with van der Waals surface area (Å²) in [6, 6.07) is 26.5. The molecule has 0 unspecified atom stereocenters. The Morgan fingerprint density at radius 1 is 0.846 bits per heavy atom. The molecule has 4 heteroatoms. The number of anilines is 1. The van der Waals surface area contributed by atoms with E-state index in [2.05, 4.69) is 5.32 Å². The molecule has 0 fully saturated rings. The second-order valence-corrected chi connectivity index (χ2v) is 6.28. The van der Waals surface area contributed by atoms with Gasteiger partial charge in [-0.15, -0.1) is 0 Å². The number of hydrogen-bond donors (Lipinski definition) is 1. The number of benzene rings is 3. The molecule has 0 spiro atoms. The van der Waals surface area contributed by atoms with E-state index in [0.717, 1.165) is 22.2 Å². The first-order chi connectivity index (χ1) is 12.7. The highest BCUT2D eigenvalue weighted by Gasteiger charge is 2.15.